The van der Waals surface area contributed by atoms with Crippen molar-refractivity contribution in [3.05, 3.63) is 54.4 Å². The zero-order chi connectivity index (χ0) is 13.5. The Kier molecular flexibility index (Phi) is 2.23. The second-order valence-electron chi connectivity index (χ2n) is 4.65. The van der Waals surface area contributed by atoms with Crippen LogP contribution in [-0.2, 0) is 0 Å². The van der Waals surface area contributed by atoms with Crippen molar-refractivity contribution in [1.29, 1.82) is 0 Å². The second kappa shape index (κ2) is 4.06. The fraction of sp³-hybridized carbons (Fsp3) is 0.0714. The number of hydrogen-bond donors (Lipinski definition) is 3. The first-order chi connectivity index (χ1) is 9.83. The van der Waals surface area contributed by atoms with Gasteiger partial charge in [-0.3, -0.25) is 4.98 Å². The highest BCUT2D eigenvalue weighted by molar-refractivity contribution is 5.92. The SMILES string of the molecule is NC1=N[C@H](c2ccncc2)[n+]2c([nH]c3ccccc32)N1. The van der Waals surface area contributed by atoms with Gasteiger partial charge in [0, 0.05) is 18.0 Å². The first kappa shape index (κ1) is 11.0. The molecule has 0 saturated carbocycles. The van der Waals surface area contributed by atoms with Gasteiger partial charge < -0.3 is 5.73 Å². The quantitative estimate of drug-likeness (QED) is 0.577. The van der Waals surface area contributed by atoms with Crippen molar-refractivity contribution in [1.82, 2.24) is 9.97 Å². The number of imidazole rings is 1. The number of aromatic nitrogens is 3. The van der Waals surface area contributed by atoms with Crippen molar-refractivity contribution in [2.45, 2.75) is 6.17 Å². The smallest absolute Gasteiger partial charge is 0.357 e. The number of hydrogen-bond acceptors (Lipinski definition) is 4. The molecule has 1 aliphatic heterocycles. The summed E-state index contributed by atoms with van der Waals surface area (Å²) in [5.41, 5.74) is 9.05. The summed E-state index contributed by atoms with van der Waals surface area (Å²) in [7, 11) is 0. The van der Waals surface area contributed by atoms with Crippen molar-refractivity contribution in [3.63, 3.8) is 0 Å². The maximum Gasteiger partial charge on any atom is 0.365 e. The van der Waals surface area contributed by atoms with Gasteiger partial charge in [0.25, 0.3) is 5.96 Å². The summed E-state index contributed by atoms with van der Waals surface area (Å²) >= 11 is 0. The molecule has 6 nitrogen and oxygen atoms in total. The molecule has 2 aromatic heterocycles. The molecule has 0 spiro atoms. The number of fused-ring (bicyclic) bond motifs is 3. The van der Waals surface area contributed by atoms with Crippen LogP contribution in [0.4, 0.5) is 5.95 Å². The normalized spacial score (nSPS) is 17.4. The average molecular weight is 265 g/mol. The van der Waals surface area contributed by atoms with Crippen LogP contribution < -0.4 is 15.6 Å². The van der Waals surface area contributed by atoms with E-state index < -0.39 is 0 Å². The average Bonchev–Trinajstić information content (AvgIpc) is 2.85. The summed E-state index contributed by atoms with van der Waals surface area (Å²) in [6.45, 7) is 0. The first-order valence-electron chi connectivity index (χ1n) is 6.35. The highest BCUT2D eigenvalue weighted by Crippen LogP contribution is 2.23. The van der Waals surface area contributed by atoms with Crippen LogP contribution in [0, 0.1) is 0 Å². The van der Waals surface area contributed by atoms with Crippen molar-refractivity contribution in [2.24, 2.45) is 10.7 Å². The van der Waals surface area contributed by atoms with Gasteiger partial charge in [0.1, 0.15) is 11.0 Å². The lowest BCUT2D eigenvalue weighted by Crippen LogP contribution is -2.48. The molecule has 4 rings (SSSR count). The number of anilines is 1. The Bertz CT molecular complexity index is 805. The third kappa shape index (κ3) is 1.55. The van der Waals surface area contributed by atoms with Crippen molar-refractivity contribution in [3.8, 4) is 0 Å². The molecule has 0 radical (unpaired) electrons. The molecule has 20 heavy (non-hydrogen) atoms. The maximum atomic E-state index is 5.89. The van der Waals surface area contributed by atoms with E-state index in [4.69, 9.17) is 5.73 Å². The number of pyridine rings is 1. The van der Waals surface area contributed by atoms with E-state index in [2.05, 4.69) is 30.9 Å². The number of H-pyrrole nitrogens is 1. The fourth-order valence-electron chi connectivity index (χ4n) is 2.55. The topological polar surface area (TPSA) is 83.0 Å². The molecule has 98 valence electrons. The molecule has 6 heteroatoms. The number of guanidine groups is 1. The number of aromatic amines is 1. The lowest BCUT2D eigenvalue weighted by molar-refractivity contribution is -0.674. The molecular formula is C14H13N6+. The van der Waals surface area contributed by atoms with E-state index >= 15 is 0 Å². The Morgan fingerprint density at radius 1 is 1.10 bits per heavy atom. The Morgan fingerprint density at radius 3 is 2.75 bits per heavy atom. The van der Waals surface area contributed by atoms with Gasteiger partial charge in [-0.1, -0.05) is 12.1 Å². The van der Waals surface area contributed by atoms with E-state index in [0.717, 1.165) is 22.5 Å². The highest BCUT2D eigenvalue weighted by atomic mass is 15.4. The third-order valence-electron chi connectivity index (χ3n) is 3.41. The number of benzene rings is 1. The summed E-state index contributed by atoms with van der Waals surface area (Å²) in [6, 6.07) is 12.0. The number of rotatable bonds is 1. The molecule has 0 saturated heterocycles. The molecule has 0 unspecified atom stereocenters. The molecule has 0 fully saturated rings. The zero-order valence-corrected chi connectivity index (χ0v) is 10.6. The van der Waals surface area contributed by atoms with Crippen LogP contribution in [0.25, 0.3) is 11.0 Å². The van der Waals surface area contributed by atoms with Crippen LogP contribution in [0.5, 0.6) is 0 Å². The van der Waals surface area contributed by atoms with Crippen molar-refractivity contribution < 1.29 is 4.57 Å². The Hall–Kier alpha value is -2.89. The molecule has 0 amide bonds. The fourth-order valence-corrected chi connectivity index (χ4v) is 2.55. The summed E-state index contributed by atoms with van der Waals surface area (Å²) in [4.78, 5) is 11.9. The second-order valence-corrected chi connectivity index (χ2v) is 4.65. The molecular weight excluding hydrogens is 252 g/mol. The molecule has 1 aromatic carbocycles. The largest absolute Gasteiger partial charge is 0.365 e. The van der Waals surface area contributed by atoms with E-state index in [9.17, 15) is 0 Å². The van der Waals surface area contributed by atoms with Gasteiger partial charge in [0.2, 0.25) is 6.17 Å². The number of nitrogens with zero attached hydrogens (tertiary/aromatic N) is 3. The van der Waals surface area contributed by atoms with Crippen molar-refractivity contribution >= 4 is 22.9 Å². The minimum Gasteiger partial charge on any atom is -0.357 e. The predicted octanol–water partition coefficient (Wildman–Crippen LogP) is 1.14. The van der Waals surface area contributed by atoms with Crippen LogP contribution in [0.1, 0.15) is 11.7 Å². The van der Waals surface area contributed by atoms with Crippen LogP contribution in [0.15, 0.2) is 53.8 Å². The van der Waals surface area contributed by atoms with Gasteiger partial charge in [-0.15, -0.1) is 0 Å². The Morgan fingerprint density at radius 2 is 1.90 bits per heavy atom. The Balaban J connectivity index is 1.98. The number of aliphatic imine (C=N–C) groups is 1. The Labute approximate surface area is 115 Å². The van der Waals surface area contributed by atoms with Gasteiger partial charge in [0.05, 0.1) is 0 Å². The molecule has 1 aliphatic rings. The van der Waals surface area contributed by atoms with E-state index in [1.807, 2.05) is 30.3 Å². The number of nitrogens with two attached hydrogens (primary N) is 1. The summed E-state index contributed by atoms with van der Waals surface area (Å²) in [5, 5.41) is 3.07. The van der Waals surface area contributed by atoms with Crippen molar-refractivity contribution in [2.75, 3.05) is 5.32 Å². The van der Waals surface area contributed by atoms with Crippen LogP contribution in [-0.4, -0.2) is 15.9 Å². The van der Waals surface area contributed by atoms with Gasteiger partial charge in [-0.25, -0.2) is 14.9 Å². The van der Waals surface area contributed by atoms with E-state index in [-0.39, 0.29) is 6.17 Å². The molecule has 1 atom stereocenters. The van der Waals surface area contributed by atoms with Gasteiger partial charge in [0.15, 0.2) is 0 Å². The maximum absolute atomic E-state index is 5.89. The first-order valence-corrected chi connectivity index (χ1v) is 6.35. The van der Waals surface area contributed by atoms with Gasteiger partial charge in [-0.2, -0.15) is 4.99 Å². The minimum absolute atomic E-state index is 0.189. The summed E-state index contributed by atoms with van der Waals surface area (Å²) < 4.78 is 2.10. The van der Waals surface area contributed by atoms with Crippen LogP contribution in [0.2, 0.25) is 0 Å². The van der Waals surface area contributed by atoms with Gasteiger partial charge >= 0.3 is 5.95 Å². The number of para-hydroxylation sites is 2. The standard InChI is InChI=1S/C14H12N6/c15-13-18-12(9-5-7-16-8-6-9)20-11-4-2-1-3-10(11)17-14(20)19-13/h1-8,12H,(H3,15,17,18,19)/p+1/t12-/m0/s1. The lowest BCUT2D eigenvalue weighted by atomic mass is 10.2. The monoisotopic (exact) mass is 265 g/mol. The van der Waals surface area contributed by atoms with Crippen LogP contribution in [0.3, 0.4) is 0 Å². The van der Waals surface area contributed by atoms with E-state index in [1.165, 1.54) is 0 Å². The van der Waals surface area contributed by atoms with Crippen LogP contribution >= 0.6 is 0 Å². The number of nitrogens with one attached hydrogen (secondary N) is 2. The molecule has 3 heterocycles. The van der Waals surface area contributed by atoms with E-state index in [0.29, 0.717) is 5.96 Å². The molecule has 0 aliphatic carbocycles. The third-order valence-corrected chi connectivity index (χ3v) is 3.41. The summed E-state index contributed by atoms with van der Waals surface area (Å²) in [6.07, 6.45) is 3.33. The predicted molar refractivity (Wildman–Crippen MR) is 76.1 cm³/mol. The highest BCUT2D eigenvalue weighted by Gasteiger charge is 2.30. The summed E-state index contributed by atoms with van der Waals surface area (Å²) in [5.74, 6) is 1.24. The molecule has 3 aromatic rings. The zero-order valence-electron chi connectivity index (χ0n) is 10.6. The van der Waals surface area contributed by atoms with E-state index in [1.54, 1.807) is 12.4 Å². The molecule has 0 bridgehead atoms. The van der Waals surface area contributed by atoms with Gasteiger partial charge in [-0.05, 0) is 24.3 Å². The minimum atomic E-state index is -0.189. The lowest BCUT2D eigenvalue weighted by Gasteiger charge is -2.17. The molecule has 4 N–H and O–H groups in total.